The van der Waals surface area contributed by atoms with Crippen LogP contribution in [-0.4, -0.2) is 20.1 Å². The van der Waals surface area contributed by atoms with Crippen LogP contribution in [0, 0.1) is 11.6 Å². The average Bonchev–Trinajstić information content (AvgIpc) is 1.99. The van der Waals surface area contributed by atoms with E-state index in [2.05, 4.69) is 5.32 Å². The molecule has 0 aliphatic heterocycles. The average molecular weight is 214 g/mol. The van der Waals surface area contributed by atoms with Gasteiger partial charge in [-0.15, -0.1) is 0 Å². The molecule has 1 aromatic carbocycles. The topological polar surface area (TPSA) is 15.3 Å². The van der Waals surface area contributed by atoms with Gasteiger partial charge in [-0.3, -0.25) is 0 Å². The third kappa shape index (κ3) is 2.81. The van der Waals surface area contributed by atoms with Gasteiger partial charge in [0.25, 0.3) is 0 Å². The SMILES string of the molecule is CC(C)Nc1cc(F)c(N(C)C)c(F)c1. The quantitative estimate of drug-likeness (QED) is 0.832. The summed E-state index contributed by atoms with van der Waals surface area (Å²) in [6, 6.07) is 2.76. The van der Waals surface area contributed by atoms with Crippen molar-refractivity contribution in [2.75, 3.05) is 24.3 Å². The third-order valence-corrected chi connectivity index (χ3v) is 1.92. The largest absolute Gasteiger partial charge is 0.383 e. The van der Waals surface area contributed by atoms with Gasteiger partial charge in [-0.2, -0.15) is 0 Å². The van der Waals surface area contributed by atoms with E-state index in [4.69, 9.17) is 0 Å². The lowest BCUT2D eigenvalue weighted by atomic mass is 10.2. The van der Waals surface area contributed by atoms with E-state index >= 15 is 0 Å². The van der Waals surface area contributed by atoms with Crippen LogP contribution in [0.2, 0.25) is 0 Å². The fourth-order valence-corrected chi connectivity index (χ4v) is 1.41. The molecular formula is C11H16F2N2. The normalized spacial score (nSPS) is 10.6. The van der Waals surface area contributed by atoms with E-state index in [-0.39, 0.29) is 11.7 Å². The van der Waals surface area contributed by atoms with Crippen LogP contribution in [-0.2, 0) is 0 Å². The molecule has 0 aliphatic carbocycles. The van der Waals surface area contributed by atoms with Crippen LogP contribution in [0.1, 0.15) is 13.8 Å². The van der Waals surface area contributed by atoms with Crippen LogP contribution in [0.3, 0.4) is 0 Å². The van der Waals surface area contributed by atoms with E-state index in [1.54, 1.807) is 14.1 Å². The highest BCUT2D eigenvalue weighted by molar-refractivity contribution is 5.57. The molecule has 0 aliphatic rings. The standard InChI is InChI=1S/C11H16F2N2/c1-7(2)14-8-5-9(12)11(15(3)4)10(13)6-8/h5-7,14H,1-4H3. The van der Waals surface area contributed by atoms with Crippen LogP contribution in [0.5, 0.6) is 0 Å². The number of nitrogens with zero attached hydrogens (tertiary/aromatic N) is 1. The molecule has 0 bridgehead atoms. The predicted octanol–water partition coefficient (Wildman–Crippen LogP) is 2.85. The van der Waals surface area contributed by atoms with Crippen molar-refractivity contribution in [3.05, 3.63) is 23.8 Å². The van der Waals surface area contributed by atoms with E-state index in [1.807, 2.05) is 13.8 Å². The Morgan fingerprint density at radius 1 is 1.13 bits per heavy atom. The van der Waals surface area contributed by atoms with Crippen molar-refractivity contribution in [1.29, 1.82) is 0 Å². The molecule has 0 unspecified atom stereocenters. The number of nitrogens with one attached hydrogen (secondary N) is 1. The zero-order valence-corrected chi connectivity index (χ0v) is 9.44. The van der Waals surface area contributed by atoms with Gasteiger partial charge in [0.1, 0.15) is 5.69 Å². The van der Waals surface area contributed by atoms with Gasteiger partial charge in [0, 0.05) is 25.8 Å². The monoisotopic (exact) mass is 214 g/mol. The summed E-state index contributed by atoms with van der Waals surface area (Å²) in [4.78, 5) is 1.42. The summed E-state index contributed by atoms with van der Waals surface area (Å²) in [5.41, 5.74) is 0.454. The molecule has 1 rings (SSSR count). The van der Waals surface area contributed by atoms with Crippen molar-refractivity contribution >= 4 is 11.4 Å². The van der Waals surface area contributed by atoms with Crippen LogP contribution in [0.25, 0.3) is 0 Å². The molecule has 0 atom stereocenters. The Morgan fingerprint density at radius 3 is 1.93 bits per heavy atom. The maximum absolute atomic E-state index is 13.5. The minimum atomic E-state index is -0.553. The second-order valence-corrected chi connectivity index (χ2v) is 3.98. The Kier molecular flexibility index (Phi) is 3.50. The van der Waals surface area contributed by atoms with E-state index in [1.165, 1.54) is 17.0 Å². The Labute approximate surface area is 88.9 Å². The summed E-state index contributed by atoms with van der Waals surface area (Å²) in [7, 11) is 3.22. The maximum Gasteiger partial charge on any atom is 0.151 e. The molecule has 15 heavy (non-hydrogen) atoms. The van der Waals surface area contributed by atoms with Crippen LogP contribution in [0.4, 0.5) is 20.2 Å². The van der Waals surface area contributed by atoms with Crippen molar-refractivity contribution in [1.82, 2.24) is 0 Å². The Hall–Kier alpha value is -1.32. The molecule has 0 fully saturated rings. The van der Waals surface area contributed by atoms with Gasteiger partial charge < -0.3 is 10.2 Å². The smallest absolute Gasteiger partial charge is 0.151 e. The minimum absolute atomic E-state index is 0.00990. The van der Waals surface area contributed by atoms with Gasteiger partial charge in [0.15, 0.2) is 11.6 Å². The van der Waals surface area contributed by atoms with Crippen LogP contribution >= 0.6 is 0 Å². The number of halogens is 2. The Bertz CT molecular complexity index is 325. The first-order chi connectivity index (χ1) is 6.91. The molecule has 0 saturated carbocycles. The molecule has 0 spiro atoms. The zero-order chi connectivity index (χ0) is 11.6. The van der Waals surface area contributed by atoms with E-state index in [9.17, 15) is 8.78 Å². The fraction of sp³-hybridized carbons (Fsp3) is 0.455. The Balaban J connectivity index is 3.08. The first-order valence-electron chi connectivity index (χ1n) is 4.84. The number of benzene rings is 1. The van der Waals surface area contributed by atoms with Crippen molar-refractivity contribution in [3.63, 3.8) is 0 Å². The zero-order valence-electron chi connectivity index (χ0n) is 9.44. The van der Waals surface area contributed by atoms with Crippen molar-refractivity contribution in [2.24, 2.45) is 0 Å². The second-order valence-electron chi connectivity index (χ2n) is 3.98. The van der Waals surface area contributed by atoms with E-state index in [0.717, 1.165) is 0 Å². The Morgan fingerprint density at radius 2 is 1.60 bits per heavy atom. The summed E-state index contributed by atoms with van der Waals surface area (Å²) in [6.45, 7) is 3.82. The molecule has 2 nitrogen and oxygen atoms in total. The number of anilines is 2. The van der Waals surface area contributed by atoms with Gasteiger partial charge in [0.05, 0.1) is 0 Å². The molecule has 84 valence electrons. The number of rotatable bonds is 3. The summed E-state index contributed by atoms with van der Waals surface area (Å²) >= 11 is 0. The van der Waals surface area contributed by atoms with E-state index in [0.29, 0.717) is 5.69 Å². The van der Waals surface area contributed by atoms with Gasteiger partial charge >= 0.3 is 0 Å². The lowest BCUT2D eigenvalue weighted by Gasteiger charge is -2.17. The molecule has 1 aromatic rings. The summed E-state index contributed by atoms with van der Waals surface area (Å²) in [5, 5.41) is 2.95. The molecule has 0 heterocycles. The fourth-order valence-electron chi connectivity index (χ4n) is 1.41. The van der Waals surface area contributed by atoms with Gasteiger partial charge in [-0.1, -0.05) is 0 Å². The summed E-state index contributed by atoms with van der Waals surface area (Å²) in [5.74, 6) is -1.11. The lowest BCUT2D eigenvalue weighted by Crippen LogP contribution is -2.15. The van der Waals surface area contributed by atoms with Gasteiger partial charge in [-0.25, -0.2) is 8.78 Å². The molecule has 0 radical (unpaired) electrons. The molecule has 0 saturated heterocycles. The first-order valence-corrected chi connectivity index (χ1v) is 4.84. The third-order valence-electron chi connectivity index (χ3n) is 1.92. The highest BCUT2D eigenvalue weighted by atomic mass is 19.1. The molecule has 1 N–H and O–H groups in total. The lowest BCUT2D eigenvalue weighted by molar-refractivity contribution is 0.582. The highest BCUT2D eigenvalue weighted by Gasteiger charge is 2.12. The van der Waals surface area contributed by atoms with Gasteiger partial charge in [-0.05, 0) is 26.0 Å². The summed E-state index contributed by atoms with van der Waals surface area (Å²) in [6.07, 6.45) is 0. The highest BCUT2D eigenvalue weighted by Crippen LogP contribution is 2.25. The predicted molar refractivity (Wildman–Crippen MR) is 59.4 cm³/mol. The number of hydrogen-bond donors (Lipinski definition) is 1. The molecular weight excluding hydrogens is 198 g/mol. The first kappa shape index (κ1) is 11.8. The van der Waals surface area contributed by atoms with Crippen LogP contribution < -0.4 is 10.2 Å². The van der Waals surface area contributed by atoms with Crippen molar-refractivity contribution in [3.8, 4) is 0 Å². The summed E-state index contributed by atoms with van der Waals surface area (Å²) < 4.78 is 27.0. The molecule has 4 heteroatoms. The van der Waals surface area contributed by atoms with Crippen molar-refractivity contribution < 1.29 is 8.78 Å². The molecule has 0 amide bonds. The number of hydrogen-bond acceptors (Lipinski definition) is 2. The minimum Gasteiger partial charge on any atom is -0.383 e. The molecule has 0 aromatic heterocycles. The maximum atomic E-state index is 13.5. The second kappa shape index (κ2) is 4.47. The van der Waals surface area contributed by atoms with Crippen molar-refractivity contribution in [2.45, 2.75) is 19.9 Å². The van der Waals surface area contributed by atoms with Crippen LogP contribution in [0.15, 0.2) is 12.1 Å². The van der Waals surface area contributed by atoms with Gasteiger partial charge in [0.2, 0.25) is 0 Å². The van der Waals surface area contributed by atoms with E-state index < -0.39 is 11.6 Å².